The van der Waals surface area contributed by atoms with Crippen LogP contribution in [-0.4, -0.2) is 54.5 Å². The monoisotopic (exact) mass is 532 g/mol. The summed E-state index contributed by atoms with van der Waals surface area (Å²) in [6.07, 6.45) is -2.91. The molecule has 0 radical (unpaired) electrons. The molecule has 3 heterocycles. The average Bonchev–Trinajstić information content (AvgIpc) is 3.38. The molecule has 3 aliphatic heterocycles. The van der Waals surface area contributed by atoms with E-state index in [4.69, 9.17) is 27.9 Å². The highest BCUT2D eigenvalue weighted by atomic mass is 35.5. The normalized spacial score (nSPS) is 28.0. The van der Waals surface area contributed by atoms with Crippen LogP contribution in [0, 0.1) is 17.7 Å². The highest BCUT2D eigenvalue weighted by Crippen LogP contribution is 2.52. The molecule has 190 valence electrons. The molecule has 0 N–H and O–H groups in total. The first kappa shape index (κ1) is 25.0. The number of hydrogen-bond donors (Lipinski definition) is 0. The molecule has 1 saturated heterocycles. The van der Waals surface area contributed by atoms with E-state index in [2.05, 4.69) is 4.99 Å². The second kappa shape index (κ2) is 8.45. The lowest BCUT2D eigenvalue weighted by Gasteiger charge is -2.50. The summed E-state index contributed by atoms with van der Waals surface area (Å²) in [5, 5.41) is -0.869. The molecular formula is C25H26Cl2F4N2O2. The summed E-state index contributed by atoms with van der Waals surface area (Å²) in [5.74, 6) is -1.01. The SMILES string of the molecule is CC(C)C(=O)N1CC2(C1)OCC1=C2CC[C@H](C2=NCC(c3cc(Cl)c(F)c(Cl)c3)(C(F)(F)F)C2)C1. The zero-order valence-corrected chi connectivity index (χ0v) is 21.0. The molecule has 1 spiro atoms. The Morgan fingerprint density at radius 3 is 2.49 bits per heavy atom. The maximum absolute atomic E-state index is 14.4. The topological polar surface area (TPSA) is 41.9 Å². The Morgan fingerprint density at radius 1 is 1.23 bits per heavy atom. The van der Waals surface area contributed by atoms with E-state index < -0.39 is 39.6 Å². The predicted octanol–water partition coefficient (Wildman–Crippen LogP) is 6.14. The van der Waals surface area contributed by atoms with Gasteiger partial charge in [-0.2, -0.15) is 13.2 Å². The van der Waals surface area contributed by atoms with Gasteiger partial charge in [-0.05, 0) is 48.1 Å². The first-order chi connectivity index (χ1) is 16.4. The molecule has 1 amide bonds. The molecule has 35 heavy (non-hydrogen) atoms. The minimum atomic E-state index is -4.61. The smallest absolute Gasteiger partial charge is 0.363 e. The molecule has 4 nitrogen and oxygen atoms in total. The molecule has 0 bridgehead atoms. The Balaban J connectivity index is 1.34. The van der Waals surface area contributed by atoms with E-state index in [1.165, 1.54) is 5.57 Å². The number of rotatable bonds is 3. The number of fused-ring (bicyclic) bond motifs is 1. The molecule has 0 aromatic heterocycles. The van der Waals surface area contributed by atoms with Gasteiger partial charge in [0.1, 0.15) is 11.0 Å². The van der Waals surface area contributed by atoms with Gasteiger partial charge >= 0.3 is 6.18 Å². The Hall–Kier alpha value is -1.64. The molecule has 5 rings (SSSR count). The van der Waals surface area contributed by atoms with Crippen molar-refractivity contribution in [1.82, 2.24) is 4.90 Å². The Morgan fingerprint density at radius 2 is 1.89 bits per heavy atom. The van der Waals surface area contributed by atoms with E-state index in [1.807, 2.05) is 18.7 Å². The van der Waals surface area contributed by atoms with Crippen molar-refractivity contribution in [1.29, 1.82) is 0 Å². The number of nitrogens with zero attached hydrogens (tertiary/aromatic N) is 2. The number of likely N-dealkylation sites (tertiary alicyclic amines) is 1. The third kappa shape index (κ3) is 3.91. The highest BCUT2D eigenvalue weighted by molar-refractivity contribution is 6.35. The fourth-order valence-electron chi connectivity index (χ4n) is 5.99. The summed E-state index contributed by atoms with van der Waals surface area (Å²) in [4.78, 5) is 18.5. The van der Waals surface area contributed by atoms with Gasteiger partial charge in [-0.25, -0.2) is 4.39 Å². The van der Waals surface area contributed by atoms with Crippen molar-refractivity contribution >= 4 is 34.8 Å². The van der Waals surface area contributed by atoms with Crippen LogP contribution in [0.4, 0.5) is 17.6 Å². The predicted molar refractivity (Wildman–Crippen MR) is 126 cm³/mol. The maximum atomic E-state index is 14.4. The molecule has 0 saturated carbocycles. The standard InChI is InChI=1S/C25H26Cl2F4N2O2/c1-13(2)22(34)33-11-24(12-33)17-4-3-14(5-15(17)9-35-24)20-8-23(10-32-20,25(29,30)31)16-6-18(26)21(28)19(27)7-16/h6-7,13-14H,3-5,8-12H2,1-2H3/t14-,23?/m0/s1. The fraction of sp³-hybridized carbons (Fsp3) is 0.600. The molecule has 1 aromatic rings. The molecule has 4 aliphatic rings. The number of hydrogen-bond acceptors (Lipinski definition) is 3. The largest absolute Gasteiger partial charge is 0.400 e. The van der Waals surface area contributed by atoms with Crippen molar-refractivity contribution in [2.45, 2.75) is 56.7 Å². The number of carbonyl (C=O) groups is 1. The van der Waals surface area contributed by atoms with Gasteiger partial charge in [-0.15, -0.1) is 0 Å². The Labute approximate surface area is 211 Å². The van der Waals surface area contributed by atoms with Crippen LogP contribution in [-0.2, 0) is 14.9 Å². The number of carbonyl (C=O) groups excluding carboxylic acids is 1. The quantitative estimate of drug-likeness (QED) is 0.266. The minimum absolute atomic E-state index is 0.0712. The van der Waals surface area contributed by atoms with Gasteiger partial charge in [0.15, 0.2) is 5.82 Å². The summed E-state index contributed by atoms with van der Waals surface area (Å²) in [7, 11) is 0. The molecule has 1 unspecified atom stereocenters. The third-order valence-electron chi connectivity index (χ3n) is 8.02. The molecule has 10 heteroatoms. The van der Waals surface area contributed by atoms with Crippen molar-refractivity contribution in [2.75, 3.05) is 26.2 Å². The van der Waals surface area contributed by atoms with Crippen LogP contribution in [0.25, 0.3) is 0 Å². The van der Waals surface area contributed by atoms with Crippen LogP contribution in [0.2, 0.25) is 10.0 Å². The van der Waals surface area contributed by atoms with Gasteiger partial charge in [0, 0.05) is 24.0 Å². The second-order valence-electron chi connectivity index (χ2n) is 10.5. The molecule has 2 atom stereocenters. The van der Waals surface area contributed by atoms with Crippen LogP contribution < -0.4 is 0 Å². The average molecular weight is 533 g/mol. The zero-order chi connectivity index (χ0) is 25.3. The third-order valence-corrected chi connectivity index (χ3v) is 8.57. The number of aliphatic imine (C=N–C) groups is 1. The van der Waals surface area contributed by atoms with E-state index >= 15 is 0 Å². The number of amides is 1. The van der Waals surface area contributed by atoms with Crippen molar-refractivity contribution < 1.29 is 27.1 Å². The number of ether oxygens (including phenoxy) is 1. The summed E-state index contributed by atoms with van der Waals surface area (Å²) in [6.45, 7) is 4.79. The minimum Gasteiger partial charge on any atom is -0.363 e. The highest BCUT2D eigenvalue weighted by Gasteiger charge is 2.60. The first-order valence-corrected chi connectivity index (χ1v) is 12.5. The lowest BCUT2D eigenvalue weighted by atomic mass is 9.71. The van der Waals surface area contributed by atoms with Gasteiger partial charge in [-0.1, -0.05) is 37.0 Å². The number of halogens is 6. The molecule has 1 aromatic carbocycles. The summed E-state index contributed by atoms with van der Waals surface area (Å²) >= 11 is 11.7. The number of alkyl halides is 3. The van der Waals surface area contributed by atoms with Crippen molar-refractivity contribution in [3.8, 4) is 0 Å². The van der Waals surface area contributed by atoms with Crippen LogP contribution >= 0.6 is 23.2 Å². The van der Waals surface area contributed by atoms with E-state index in [0.717, 1.165) is 24.1 Å². The van der Waals surface area contributed by atoms with Gasteiger partial charge < -0.3 is 9.64 Å². The van der Waals surface area contributed by atoms with Crippen LogP contribution in [0.5, 0.6) is 0 Å². The Bertz CT molecular complexity index is 1120. The van der Waals surface area contributed by atoms with E-state index in [9.17, 15) is 22.4 Å². The van der Waals surface area contributed by atoms with Gasteiger partial charge in [0.25, 0.3) is 0 Å². The lowest BCUT2D eigenvalue weighted by Crippen LogP contribution is -2.65. The van der Waals surface area contributed by atoms with E-state index in [-0.39, 0.29) is 29.7 Å². The van der Waals surface area contributed by atoms with Crippen LogP contribution in [0.15, 0.2) is 28.3 Å². The number of benzene rings is 1. The zero-order valence-electron chi connectivity index (χ0n) is 19.4. The van der Waals surface area contributed by atoms with Crippen molar-refractivity contribution in [2.24, 2.45) is 16.8 Å². The van der Waals surface area contributed by atoms with E-state index in [1.54, 1.807) is 0 Å². The summed E-state index contributed by atoms with van der Waals surface area (Å²) < 4.78 is 63.3. The lowest BCUT2D eigenvalue weighted by molar-refractivity contribution is -0.184. The van der Waals surface area contributed by atoms with Crippen molar-refractivity contribution in [3.63, 3.8) is 0 Å². The van der Waals surface area contributed by atoms with Crippen molar-refractivity contribution in [3.05, 3.63) is 44.7 Å². The van der Waals surface area contributed by atoms with Gasteiger partial charge in [-0.3, -0.25) is 9.79 Å². The maximum Gasteiger partial charge on any atom is 0.400 e. The summed E-state index contributed by atoms with van der Waals surface area (Å²) in [6, 6.07) is 2.04. The molecule has 1 aliphatic carbocycles. The fourth-order valence-corrected chi connectivity index (χ4v) is 6.48. The van der Waals surface area contributed by atoms with E-state index in [0.29, 0.717) is 38.2 Å². The Kier molecular flexibility index (Phi) is 6.04. The summed E-state index contributed by atoms with van der Waals surface area (Å²) in [5.41, 5.74) is -0.0196. The second-order valence-corrected chi connectivity index (χ2v) is 11.3. The molecular weight excluding hydrogens is 507 g/mol. The van der Waals surface area contributed by atoms with Gasteiger partial charge in [0.05, 0.1) is 36.3 Å². The van der Waals surface area contributed by atoms with Crippen LogP contribution in [0.3, 0.4) is 0 Å². The first-order valence-electron chi connectivity index (χ1n) is 11.8. The van der Waals surface area contributed by atoms with Crippen LogP contribution in [0.1, 0.15) is 45.1 Å². The molecule has 1 fully saturated rings. The van der Waals surface area contributed by atoms with Gasteiger partial charge in [0.2, 0.25) is 5.91 Å².